The van der Waals surface area contributed by atoms with Crippen LogP contribution >= 0.6 is 0 Å². The molecule has 0 fully saturated rings. The third-order valence-electron chi connectivity index (χ3n) is 3.94. The molecule has 2 aromatic rings. The summed E-state index contributed by atoms with van der Waals surface area (Å²) in [6.45, 7) is 0. The van der Waals surface area contributed by atoms with Crippen LogP contribution in [0.4, 0.5) is 5.69 Å². The van der Waals surface area contributed by atoms with Gasteiger partial charge in [-0.15, -0.1) is 0 Å². The Bertz CT molecular complexity index is 913. The predicted molar refractivity (Wildman–Crippen MR) is 107 cm³/mol. The van der Waals surface area contributed by atoms with E-state index in [1.807, 2.05) is 0 Å². The van der Waals surface area contributed by atoms with Crippen LogP contribution in [0.2, 0.25) is 0 Å². The summed E-state index contributed by atoms with van der Waals surface area (Å²) in [5.41, 5.74) is 1.07. The molecule has 28 heavy (non-hydrogen) atoms. The van der Waals surface area contributed by atoms with E-state index < -0.39 is 16.1 Å². The highest BCUT2D eigenvalue weighted by atomic mass is 32.2. The molecule has 1 atom stereocenters. The molecule has 2 rings (SSSR count). The van der Waals surface area contributed by atoms with Gasteiger partial charge < -0.3 is 19.5 Å². The highest BCUT2D eigenvalue weighted by molar-refractivity contribution is 7.88. The number of hydrogen-bond acceptors (Lipinski definition) is 6. The molecule has 0 aromatic heterocycles. The normalized spacial score (nSPS) is 12.1. The number of carbonyl (C=O) groups is 1. The first-order valence-corrected chi connectivity index (χ1v) is 10.3. The third-order valence-corrected chi connectivity index (χ3v) is 4.66. The summed E-state index contributed by atoms with van der Waals surface area (Å²) in [5.74, 6) is 1.26. The maximum atomic E-state index is 12.6. The van der Waals surface area contributed by atoms with E-state index in [4.69, 9.17) is 14.2 Å². The van der Waals surface area contributed by atoms with E-state index >= 15 is 0 Å². The SMILES string of the molecule is COc1ccc([C@H](CC(=O)Nc2cc(OC)ccc2OC)NS(C)(=O)=O)cc1. The average molecular weight is 408 g/mol. The lowest BCUT2D eigenvalue weighted by molar-refractivity contribution is -0.116. The smallest absolute Gasteiger partial charge is 0.226 e. The quantitative estimate of drug-likeness (QED) is 0.660. The zero-order valence-corrected chi connectivity index (χ0v) is 17.0. The molecule has 0 spiro atoms. The number of benzene rings is 2. The number of anilines is 1. The number of amides is 1. The van der Waals surface area contributed by atoms with E-state index in [1.54, 1.807) is 42.5 Å². The lowest BCUT2D eigenvalue weighted by Crippen LogP contribution is -2.30. The number of ether oxygens (including phenoxy) is 3. The Morgan fingerprint density at radius 1 is 0.964 bits per heavy atom. The van der Waals surface area contributed by atoms with Crippen LogP contribution < -0.4 is 24.2 Å². The van der Waals surface area contributed by atoms with E-state index in [9.17, 15) is 13.2 Å². The molecule has 152 valence electrons. The van der Waals surface area contributed by atoms with Gasteiger partial charge in [0, 0.05) is 12.5 Å². The summed E-state index contributed by atoms with van der Waals surface area (Å²) in [6.07, 6.45) is 0.937. The van der Waals surface area contributed by atoms with Gasteiger partial charge in [0.25, 0.3) is 0 Å². The second-order valence-corrected chi connectivity index (χ2v) is 7.81. The van der Waals surface area contributed by atoms with Gasteiger partial charge in [-0.2, -0.15) is 0 Å². The number of methoxy groups -OCH3 is 3. The van der Waals surface area contributed by atoms with E-state index in [0.29, 0.717) is 28.5 Å². The van der Waals surface area contributed by atoms with Gasteiger partial charge in [-0.3, -0.25) is 4.79 Å². The first-order valence-electron chi connectivity index (χ1n) is 8.39. The molecule has 0 aliphatic heterocycles. The first-order chi connectivity index (χ1) is 13.3. The molecule has 0 saturated heterocycles. The second kappa shape index (κ2) is 9.43. The molecule has 2 aromatic carbocycles. The maximum absolute atomic E-state index is 12.6. The molecule has 0 unspecified atom stereocenters. The van der Waals surface area contributed by atoms with Gasteiger partial charge in [0.1, 0.15) is 17.2 Å². The topological polar surface area (TPSA) is 103 Å². The van der Waals surface area contributed by atoms with Crippen LogP contribution in [0.3, 0.4) is 0 Å². The monoisotopic (exact) mass is 408 g/mol. The van der Waals surface area contributed by atoms with Crippen molar-refractivity contribution in [2.24, 2.45) is 0 Å². The Morgan fingerprint density at radius 3 is 2.11 bits per heavy atom. The maximum Gasteiger partial charge on any atom is 0.226 e. The first kappa shape index (κ1) is 21.5. The van der Waals surface area contributed by atoms with Crippen LogP contribution in [0, 0.1) is 0 Å². The Labute approximate surface area is 164 Å². The van der Waals surface area contributed by atoms with Crippen LogP contribution in [0.25, 0.3) is 0 Å². The third kappa shape index (κ3) is 6.14. The number of sulfonamides is 1. The fourth-order valence-corrected chi connectivity index (χ4v) is 3.36. The van der Waals surface area contributed by atoms with Crippen molar-refractivity contribution in [1.82, 2.24) is 4.72 Å². The predicted octanol–water partition coefficient (Wildman–Crippen LogP) is 2.33. The Hall–Kier alpha value is -2.78. The summed E-state index contributed by atoms with van der Waals surface area (Å²) >= 11 is 0. The van der Waals surface area contributed by atoms with Crippen LogP contribution in [0.1, 0.15) is 18.0 Å². The van der Waals surface area contributed by atoms with Crippen molar-refractivity contribution in [2.75, 3.05) is 32.9 Å². The van der Waals surface area contributed by atoms with Gasteiger partial charge in [-0.05, 0) is 29.8 Å². The number of nitrogens with one attached hydrogen (secondary N) is 2. The molecule has 0 radical (unpaired) electrons. The average Bonchev–Trinajstić information content (AvgIpc) is 2.66. The summed E-state index contributed by atoms with van der Waals surface area (Å²) in [5, 5.41) is 2.74. The summed E-state index contributed by atoms with van der Waals surface area (Å²) in [6, 6.07) is 11.1. The Morgan fingerprint density at radius 2 is 1.57 bits per heavy atom. The summed E-state index contributed by atoms with van der Waals surface area (Å²) in [7, 11) is 1.01. The molecule has 1 amide bonds. The molecule has 0 aliphatic rings. The zero-order chi connectivity index (χ0) is 20.7. The second-order valence-electron chi connectivity index (χ2n) is 6.03. The minimum Gasteiger partial charge on any atom is -0.497 e. The van der Waals surface area contributed by atoms with Crippen LogP contribution in [-0.4, -0.2) is 41.9 Å². The fraction of sp³-hybridized carbons (Fsp3) is 0.316. The van der Waals surface area contributed by atoms with Gasteiger partial charge in [-0.25, -0.2) is 13.1 Å². The molecule has 8 nitrogen and oxygen atoms in total. The number of carbonyl (C=O) groups excluding carboxylic acids is 1. The van der Waals surface area contributed by atoms with Crippen molar-refractivity contribution in [1.29, 1.82) is 0 Å². The lowest BCUT2D eigenvalue weighted by Gasteiger charge is -2.19. The van der Waals surface area contributed by atoms with E-state index in [2.05, 4.69) is 10.0 Å². The van der Waals surface area contributed by atoms with Crippen molar-refractivity contribution in [2.45, 2.75) is 12.5 Å². The van der Waals surface area contributed by atoms with Gasteiger partial charge in [0.15, 0.2) is 0 Å². The summed E-state index contributed by atoms with van der Waals surface area (Å²) in [4.78, 5) is 12.6. The van der Waals surface area contributed by atoms with Crippen molar-refractivity contribution < 1.29 is 27.4 Å². The Balaban J connectivity index is 2.22. The van der Waals surface area contributed by atoms with Gasteiger partial charge in [0.05, 0.1) is 39.3 Å². The minimum absolute atomic E-state index is 0.111. The molecule has 2 N–H and O–H groups in total. The Kier molecular flexibility index (Phi) is 7.24. The molecule has 0 bridgehead atoms. The molecule has 0 saturated carbocycles. The standard InChI is InChI=1S/C19H24N2O6S/c1-25-14-7-5-13(6-8-14)16(21-28(4,23)24)12-19(22)20-17-11-15(26-2)9-10-18(17)27-3/h5-11,16,21H,12H2,1-4H3,(H,20,22)/t16-/m0/s1. The highest BCUT2D eigenvalue weighted by Gasteiger charge is 2.21. The van der Waals surface area contributed by atoms with Crippen molar-refractivity contribution in [3.63, 3.8) is 0 Å². The van der Waals surface area contributed by atoms with Gasteiger partial charge in [-0.1, -0.05) is 12.1 Å². The van der Waals surface area contributed by atoms with Gasteiger partial charge in [0.2, 0.25) is 15.9 Å². The van der Waals surface area contributed by atoms with Crippen LogP contribution in [-0.2, 0) is 14.8 Å². The van der Waals surface area contributed by atoms with E-state index in [1.165, 1.54) is 21.3 Å². The fourth-order valence-electron chi connectivity index (χ4n) is 2.62. The van der Waals surface area contributed by atoms with Crippen molar-refractivity contribution >= 4 is 21.6 Å². The minimum atomic E-state index is -3.54. The lowest BCUT2D eigenvalue weighted by atomic mass is 10.0. The highest BCUT2D eigenvalue weighted by Crippen LogP contribution is 2.30. The largest absolute Gasteiger partial charge is 0.497 e. The number of hydrogen-bond donors (Lipinski definition) is 2. The number of rotatable bonds is 9. The molecule has 0 heterocycles. The molecular weight excluding hydrogens is 384 g/mol. The zero-order valence-electron chi connectivity index (χ0n) is 16.2. The molecular formula is C19H24N2O6S. The van der Waals surface area contributed by atoms with E-state index in [-0.39, 0.29) is 12.3 Å². The van der Waals surface area contributed by atoms with Crippen molar-refractivity contribution in [3.05, 3.63) is 48.0 Å². The summed E-state index contributed by atoms with van der Waals surface area (Å²) < 4.78 is 41.5. The van der Waals surface area contributed by atoms with Crippen LogP contribution in [0.5, 0.6) is 17.2 Å². The van der Waals surface area contributed by atoms with Crippen LogP contribution in [0.15, 0.2) is 42.5 Å². The molecule has 9 heteroatoms. The van der Waals surface area contributed by atoms with Gasteiger partial charge >= 0.3 is 0 Å². The van der Waals surface area contributed by atoms with Crippen molar-refractivity contribution in [3.8, 4) is 17.2 Å². The molecule has 0 aliphatic carbocycles. The van der Waals surface area contributed by atoms with E-state index in [0.717, 1.165) is 6.26 Å².